The van der Waals surface area contributed by atoms with Crippen LogP contribution in [0.2, 0.25) is 0 Å². The number of thiophene rings is 1. The van der Waals surface area contributed by atoms with Gasteiger partial charge in [-0.1, -0.05) is 30.3 Å². The number of nitrogens with zero attached hydrogens (tertiary/aromatic N) is 2. The van der Waals surface area contributed by atoms with Crippen molar-refractivity contribution in [1.29, 1.82) is 0 Å². The van der Waals surface area contributed by atoms with E-state index in [-0.39, 0.29) is 23.7 Å². The third-order valence-corrected chi connectivity index (χ3v) is 5.13. The van der Waals surface area contributed by atoms with Gasteiger partial charge in [-0.25, -0.2) is 9.37 Å². The lowest BCUT2D eigenvalue weighted by atomic mass is 10.1. The number of hydrogen-bond acceptors (Lipinski definition) is 4. The molecule has 0 unspecified atom stereocenters. The average Bonchev–Trinajstić information content (AvgIpc) is 3.10. The van der Waals surface area contributed by atoms with Gasteiger partial charge in [-0.2, -0.15) is 8.78 Å². The number of alkyl halides is 2. The second-order valence-electron chi connectivity index (χ2n) is 6.00. The van der Waals surface area contributed by atoms with Crippen LogP contribution in [-0.4, -0.2) is 16.2 Å². The molecule has 142 valence electrons. The molecule has 4 nitrogen and oxygen atoms in total. The van der Waals surface area contributed by atoms with Crippen molar-refractivity contribution in [3.63, 3.8) is 0 Å². The Morgan fingerprint density at radius 1 is 1.11 bits per heavy atom. The maximum Gasteiger partial charge on any atom is 0.387 e. The summed E-state index contributed by atoms with van der Waals surface area (Å²) in [6.45, 7) is -2.93. The molecule has 2 aromatic carbocycles. The second kappa shape index (κ2) is 7.47. The molecule has 0 aliphatic heterocycles. The minimum atomic E-state index is -2.96. The predicted molar refractivity (Wildman–Crippen MR) is 101 cm³/mol. The van der Waals surface area contributed by atoms with Gasteiger partial charge >= 0.3 is 6.61 Å². The van der Waals surface area contributed by atoms with E-state index in [0.29, 0.717) is 26.9 Å². The lowest BCUT2D eigenvalue weighted by Gasteiger charge is -2.12. The zero-order valence-corrected chi connectivity index (χ0v) is 15.1. The number of ether oxygens (including phenoxy) is 1. The average molecular weight is 402 g/mol. The molecule has 2 aromatic heterocycles. The maximum absolute atomic E-state index is 13.2. The topological polar surface area (TPSA) is 44.1 Å². The summed E-state index contributed by atoms with van der Waals surface area (Å²) < 4.78 is 44.3. The number of hydrogen-bond donors (Lipinski definition) is 0. The van der Waals surface area contributed by atoms with Crippen LogP contribution < -0.4 is 10.3 Å². The fraction of sp³-hybridized carbons (Fsp3) is 0.100. The molecule has 0 radical (unpaired) electrons. The molecule has 4 rings (SSSR count). The Kier molecular flexibility index (Phi) is 4.87. The lowest BCUT2D eigenvalue weighted by molar-refractivity contribution is -0.0504. The first kappa shape index (κ1) is 18.2. The first-order valence-corrected chi connectivity index (χ1v) is 9.16. The number of halogens is 3. The molecule has 0 amide bonds. The Bertz CT molecular complexity index is 1190. The predicted octanol–water partition coefficient (Wildman–Crippen LogP) is 4.91. The summed E-state index contributed by atoms with van der Waals surface area (Å²) >= 11 is 1.31. The quantitative estimate of drug-likeness (QED) is 0.476. The van der Waals surface area contributed by atoms with Crippen LogP contribution in [0.1, 0.15) is 5.56 Å². The SMILES string of the molecule is O=c1c2c(-c3ccc(F)cc3)csc2ncn1Cc1ccccc1OC(F)F. The van der Waals surface area contributed by atoms with Crippen molar-refractivity contribution in [1.82, 2.24) is 9.55 Å². The van der Waals surface area contributed by atoms with Crippen molar-refractivity contribution >= 4 is 21.6 Å². The summed E-state index contributed by atoms with van der Waals surface area (Å²) in [5, 5.41) is 2.20. The van der Waals surface area contributed by atoms with Crippen molar-refractivity contribution < 1.29 is 17.9 Å². The summed E-state index contributed by atoms with van der Waals surface area (Å²) in [6, 6.07) is 12.1. The number of para-hydroxylation sites is 1. The summed E-state index contributed by atoms with van der Waals surface area (Å²) in [5.41, 5.74) is 1.48. The van der Waals surface area contributed by atoms with Crippen LogP contribution in [0.5, 0.6) is 5.75 Å². The highest BCUT2D eigenvalue weighted by molar-refractivity contribution is 7.17. The molecule has 2 heterocycles. The Morgan fingerprint density at radius 2 is 1.86 bits per heavy atom. The maximum atomic E-state index is 13.2. The zero-order valence-electron chi connectivity index (χ0n) is 14.3. The summed E-state index contributed by atoms with van der Waals surface area (Å²) in [7, 11) is 0. The van der Waals surface area contributed by atoms with Gasteiger partial charge in [-0.15, -0.1) is 11.3 Å². The Balaban J connectivity index is 1.78. The Labute approximate surface area is 161 Å². The van der Waals surface area contributed by atoms with Gasteiger partial charge in [0.2, 0.25) is 0 Å². The summed E-state index contributed by atoms with van der Waals surface area (Å²) in [5.74, 6) is -0.358. The molecule has 0 aliphatic carbocycles. The largest absolute Gasteiger partial charge is 0.434 e. The van der Waals surface area contributed by atoms with E-state index in [1.165, 1.54) is 40.4 Å². The van der Waals surface area contributed by atoms with Crippen molar-refractivity contribution in [2.75, 3.05) is 0 Å². The van der Waals surface area contributed by atoms with Gasteiger partial charge < -0.3 is 4.74 Å². The molecule has 0 spiro atoms. The number of rotatable bonds is 5. The van der Waals surface area contributed by atoms with Crippen LogP contribution >= 0.6 is 11.3 Å². The van der Waals surface area contributed by atoms with Crippen molar-refractivity contribution in [3.8, 4) is 16.9 Å². The molecule has 28 heavy (non-hydrogen) atoms. The van der Waals surface area contributed by atoms with E-state index in [1.807, 2.05) is 0 Å². The van der Waals surface area contributed by atoms with Gasteiger partial charge in [0.05, 0.1) is 18.3 Å². The standard InChI is InChI=1S/C20H13F3N2O2S/c21-14-7-5-12(6-8-14)15-10-28-18-17(15)19(26)25(11-24-18)9-13-3-1-2-4-16(13)27-20(22)23/h1-8,10-11,20H,9H2. The van der Waals surface area contributed by atoms with Crippen LogP contribution in [0.4, 0.5) is 13.2 Å². The van der Waals surface area contributed by atoms with Gasteiger partial charge in [0.1, 0.15) is 16.4 Å². The molecule has 0 N–H and O–H groups in total. The molecule has 8 heteroatoms. The molecule has 0 saturated carbocycles. The number of benzene rings is 2. The van der Waals surface area contributed by atoms with Gasteiger partial charge in [-0.3, -0.25) is 9.36 Å². The summed E-state index contributed by atoms with van der Waals surface area (Å²) in [4.78, 5) is 17.9. The highest BCUT2D eigenvalue weighted by atomic mass is 32.1. The first-order valence-electron chi connectivity index (χ1n) is 8.28. The zero-order chi connectivity index (χ0) is 19.7. The van der Waals surface area contributed by atoms with E-state index in [1.54, 1.807) is 35.7 Å². The molecule has 0 aliphatic rings. The second-order valence-corrected chi connectivity index (χ2v) is 6.86. The molecule has 4 aromatic rings. The first-order chi connectivity index (χ1) is 13.5. The molecule has 0 bridgehead atoms. The highest BCUT2D eigenvalue weighted by Gasteiger charge is 2.15. The van der Waals surface area contributed by atoms with Crippen molar-refractivity contribution in [2.45, 2.75) is 13.2 Å². The van der Waals surface area contributed by atoms with Gasteiger partial charge in [0.25, 0.3) is 5.56 Å². The fourth-order valence-corrected chi connectivity index (χ4v) is 3.86. The Hall–Kier alpha value is -3.13. The van der Waals surface area contributed by atoms with E-state index >= 15 is 0 Å². The van der Waals surface area contributed by atoms with Crippen LogP contribution in [0, 0.1) is 5.82 Å². The van der Waals surface area contributed by atoms with Crippen LogP contribution in [0.25, 0.3) is 21.3 Å². The van der Waals surface area contributed by atoms with Crippen LogP contribution in [-0.2, 0) is 6.54 Å². The van der Waals surface area contributed by atoms with Crippen LogP contribution in [0.3, 0.4) is 0 Å². The van der Waals surface area contributed by atoms with E-state index < -0.39 is 6.61 Å². The minimum absolute atomic E-state index is 0.00794. The number of aromatic nitrogens is 2. The van der Waals surface area contributed by atoms with E-state index in [4.69, 9.17) is 0 Å². The summed E-state index contributed by atoms with van der Waals surface area (Å²) in [6.07, 6.45) is 1.38. The molecular weight excluding hydrogens is 389 g/mol. The number of fused-ring (bicyclic) bond motifs is 1. The highest BCUT2D eigenvalue weighted by Crippen LogP contribution is 2.31. The van der Waals surface area contributed by atoms with Gasteiger partial charge in [-0.05, 0) is 23.8 Å². The van der Waals surface area contributed by atoms with E-state index in [0.717, 1.165) is 0 Å². The van der Waals surface area contributed by atoms with Gasteiger partial charge in [0, 0.05) is 16.5 Å². The normalized spacial score (nSPS) is 11.3. The monoisotopic (exact) mass is 402 g/mol. The van der Waals surface area contributed by atoms with Crippen molar-refractivity contribution in [3.05, 3.63) is 82.0 Å². The lowest BCUT2D eigenvalue weighted by Crippen LogP contribution is -2.21. The van der Waals surface area contributed by atoms with Gasteiger partial charge in [0.15, 0.2) is 0 Å². The van der Waals surface area contributed by atoms with E-state index in [9.17, 15) is 18.0 Å². The Morgan fingerprint density at radius 3 is 2.61 bits per heavy atom. The fourth-order valence-electron chi connectivity index (χ4n) is 2.95. The minimum Gasteiger partial charge on any atom is -0.434 e. The molecule has 0 atom stereocenters. The van der Waals surface area contributed by atoms with Crippen LogP contribution in [0.15, 0.2) is 65.0 Å². The smallest absolute Gasteiger partial charge is 0.387 e. The molecule has 0 saturated heterocycles. The van der Waals surface area contributed by atoms with E-state index in [2.05, 4.69) is 9.72 Å². The van der Waals surface area contributed by atoms with Crippen molar-refractivity contribution in [2.24, 2.45) is 0 Å². The third-order valence-electron chi connectivity index (χ3n) is 4.25. The third kappa shape index (κ3) is 3.50. The molecular formula is C20H13F3N2O2S. The molecule has 0 fully saturated rings.